The van der Waals surface area contributed by atoms with Gasteiger partial charge in [-0.1, -0.05) is 22.9 Å². The lowest BCUT2D eigenvalue weighted by Gasteiger charge is -2.11. The van der Waals surface area contributed by atoms with Crippen molar-refractivity contribution in [2.45, 2.75) is 6.92 Å². The normalized spacial score (nSPS) is 13.2. The summed E-state index contributed by atoms with van der Waals surface area (Å²) in [4.78, 5) is 25.4. The molecule has 2 aromatic heterocycles. The second-order valence-electron chi connectivity index (χ2n) is 4.86. The van der Waals surface area contributed by atoms with E-state index in [0.29, 0.717) is 16.1 Å². The van der Waals surface area contributed by atoms with Crippen molar-refractivity contribution in [2.24, 2.45) is 0 Å². The average Bonchev–Trinajstić information content (AvgIpc) is 3.13. The molecule has 0 spiro atoms. The van der Waals surface area contributed by atoms with Gasteiger partial charge in [0.05, 0.1) is 10.6 Å². The molecule has 6 heteroatoms. The molecule has 0 amide bonds. The Labute approximate surface area is 123 Å². The second-order valence-corrected chi connectivity index (χ2v) is 5.77. The average molecular weight is 295 g/mol. The number of ketones is 2. The van der Waals surface area contributed by atoms with Crippen LogP contribution in [0.2, 0.25) is 0 Å². The van der Waals surface area contributed by atoms with Crippen molar-refractivity contribution >= 4 is 22.9 Å². The summed E-state index contributed by atoms with van der Waals surface area (Å²) in [7, 11) is 0. The van der Waals surface area contributed by atoms with Crippen LogP contribution in [-0.4, -0.2) is 26.6 Å². The number of hydrogen-bond acceptors (Lipinski definition) is 5. The van der Waals surface area contributed by atoms with Crippen LogP contribution < -0.4 is 0 Å². The summed E-state index contributed by atoms with van der Waals surface area (Å²) in [6.07, 6.45) is 0. The molecule has 0 bridgehead atoms. The number of aryl methyl sites for hydroxylation is 1. The third kappa shape index (κ3) is 1.62. The molecule has 1 aliphatic carbocycles. The van der Waals surface area contributed by atoms with Crippen LogP contribution in [0.25, 0.3) is 5.69 Å². The number of thiophene rings is 1. The van der Waals surface area contributed by atoms with E-state index in [1.165, 1.54) is 16.0 Å². The van der Waals surface area contributed by atoms with Crippen molar-refractivity contribution in [3.8, 4) is 5.69 Å². The Hall–Kier alpha value is -2.60. The predicted octanol–water partition coefficient (Wildman–Crippen LogP) is 2.41. The summed E-state index contributed by atoms with van der Waals surface area (Å²) >= 11 is 1.26. The number of aromatic nitrogens is 3. The molecule has 4 rings (SSSR count). The molecule has 3 aromatic rings. The van der Waals surface area contributed by atoms with Gasteiger partial charge >= 0.3 is 0 Å². The number of benzene rings is 1. The highest BCUT2D eigenvalue weighted by Crippen LogP contribution is 2.30. The Morgan fingerprint density at radius 1 is 1.05 bits per heavy atom. The Morgan fingerprint density at radius 3 is 2.57 bits per heavy atom. The van der Waals surface area contributed by atoms with Crippen molar-refractivity contribution < 1.29 is 9.59 Å². The third-order valence-corrected chi connectivity index (χ3v) is 4.41. The smallest absolute Gasteiger partial charge is 0.226 e. The minimum absolute atomic E-state index is 0.135. The van der Waals surface area contributed by atoms with Crippen molar-refractivity contribution in [1.82, 2.24) is 15.0 Å². The highest BCUT2D eigenvalue weighted by molar-refractivity contribution is 7.12. The SMILES string of the molecule is Cc1ccc(-n2nnc3c2C(=O)c2ccsc2C3=O)cc1. The van der Waals surface area contributed by atoms with Gasteiger partial charge in [-0.05, 0) is 30.5 Å². The van der Waals surface area contributed by atoms with E-state index < -0.39 is 0 Å². The number of carbonyl (C=O) groups is 2. The molecule has 2 heterocycles. The predicted molar refractivity (Wildman–Crippen MR) is 77.3 cm³/mol. The van der Waals surface area contributed by atoms with Crippen LogP contribution >= 0.6 is 11.3 Å². The fraction of sp³-hybridized carbons (Fsp3) is 0.0667. The van der Waals surface area contributed by atoms with E-state index in [0.717, 1.165) is 5.56 Å². The summed E-state index contributed by atoms with van der Waals surface area (Å²) in [5, 5.41) is 9.65. The first kappa shape index (κ1) is 12.2. The zero-order chi connectivity index (χ0) is 14.6. The molecule has 0 atom stereocenters. The molecule has 1 aromatic carbocycles. The molecule has 0 saturated carbocycles. The van der Waals surface area contributed by atoms with Gasteiger partial charge in [-0.15, -0.1) is 16.4 Å². The maximum absolute atomic E-state index is 12.6. The van der Waals surface area contributed by atoms with Gasteiger partial charge in [0.1, 0.15) is 5.69 Å². The second kappa shape index (κ2) is 4.20. The standard InChI is InChI=1S/C15H9N3O2S/c1-8-2-4-9(5-3-8)18-12-11(16-17-18)14(20)15-10(13(12)19)6-7-21-15/h2-7H,1H3. The zero-order valence-corrected chi connectivity index (χ0v) is 11.8. The Bertz CT molecular complexity index is 890. The number of carbonyl (C=O) groups excluding carboxylic acids is 2. The van der Waals surface area contributed by atoms with Crippen LogP contribution in [0.15, 0.2) is 35.7 Å². The summed E-state index contributed by atoms with van der Waals surface area (Å²) in [5.74, 6) is -0.431. The molecule has 5 nitrogen and oxygen atoms in total. The molecular weight excluding hydrogens is 286 g/mol. The summed E-state index contributed by atoms with van der Waals surface area (Å²) in [6, 6.07) is 9.23. The van der Waals surface area contributed by atoms with Crippen LogP contribution in [0.4, 0.5) is 0 Å². The first-order chi connectivity index (χ1) is 10.2. The Morgan fingerprint density at radius 2 is 1.81 bits per heavy atom. The van der Waals surface area contributed by atoms with E-state index in [-0.39, 0.29) is 23.0 Å². The minimum Gasteiger partial charge on any atom is -0.287 e. The van der Waals surface area contributed by atoms with Gasteiger partial charge in [-0.3, -0.25) is 9.59 Å². The molecule has 1 aliphatic rings. The van der Waals surface area contributed by atoms with Crippen molar-refractivity contribution in [3.05, 3.63) is 63.1 Å². The van der Waals surface area contributed by atoms with Crippen molar-refractivity contribution in [2.75, 3.05) is 0 Å². The van der Waals surface area contributed by atoms with Crippen LogP contribution in [0.1, 0.15) is 37.0 Å². The van der Waals surface area contributed by atoms with Gasteiger partial charge in [0.2, 0.25) is 11.6 Å². The van der Waals surface area contributed by atoms with E-state index in [9.17, 15) is 9.59 Å². The molecule has 102 valence electrons. The number of fused-ring (bicyclic) bond motifs is 2. The summed E-state index contributed by atoms with van der Waals surface area (Å²) in [5.41, 5.74) is 2.64. The number of nitrogens with zero attached hydrogens (tertiary/aromatic N) is 3. The van der Waals surface area contributed by atoms with E-state index >= 15 is 0 Å². The largest absolute Gasteiger partial charge is 0.287 e. The highest BCUT2D eigenvalue weighted by Gasteiger charge is 2.36. The fourth-order valence-corrected chi connectivity index (χ4v) is 3.24. The summed E-state index contributed by atoms with van der Waals surface area (Å²) in [6.45, 7) is 1.98. The van der Waals surface area contributed by atoms with Gasteiger partial charge in [-0.25, -0.2) is 4.68 Å². The van der Waals surface area contributed by atoms with Gasteiger partial charge in [0.15, 0.2) is 5.69 Å². The van der Waals surface area contributed by atoms with Gasteiger partial charge < -0.3 is 0 Å². The number of hydrogen-bond donors (Lipinski definition) is 0. The molecule has 0 fully saturated rings. The maximum Gasteiger partial charge on any atom is 0.226 e. The monoisotopic (exact) mass is 295 g/mol. The molecule has 0 N–H and O–H groups in total. The zero-order valence-electron chi connectivity index (χ0n) is 11.0. The molecule has 0 unspecified atom stereocenters. The fourth-order valence-electron chi connectivity index (χ4n) is 2.40. The summed E-state index contributed by atoms with van der Waals surface area (Å²) < 4.78 is 1.44. The van der Waals surface area contributed by atoms with Crippen LogP contribution in [0.3, 0.4) is 0 Å². The van der Waals surface area contributed by atoms with E-state index in [1.54, 1.807) is 11.4 Å². The Balaban J connectivity index is 1.94. The first-order valence-electron chi connectivity index (χ1n) is 6.36. The topological polar surface area (TPSA) is 64.8 Å². The van der Waals surface area contributed by atoms with Crippen molar-refractivity contribution in [1.29, 1.82) is 0 Å². The van der Waals surface area contributed by atoms with Crippen LogP contribution in [-0.2, 0) is 0 Å². The minimum atomic E-state index is -0.229. The quantitative estimate of drug-likeness (QED) is 0.541. The lowest BCUT2D eigenvalue weighted by Crippen LogP contribution is -2.21. The molecule has 21 heavy (non-hydrogen) atoms. The maximum atomic E-state index is 12.6. The molecule has 0 aliphatic heterocycles. The van der Waals surface area contributed by atoms with Gasteiger partial charge in [-0.2, -0.15) is 0 Å². The van der Waals surface area contributed by atoms with E-state index in [1.807, 2.05) is 31.2 Å². The van der Waals surface area contributed by atoms with Crippen LogP contribution in [0, 0.1) is 6.92 Å². The van der Waals surface area contributed by atoms with Crippen molar-refractivity contribution in [3.63, 3.8) is 0 Å². The lowest BCUT2D eigenvalue weighted by atomic mass is 9.97. The van der Waals surface area contributed by atoms with E-state index in [2.05, 4.69) is 10.3 Å². The highest BCUT2D eigenvalue weighted by atomic mass is 32.1. The lowest BCUT2D eigenvalue weighted by molar-refractivity contribution is 0.0976. The molecule has 0 radical (unpaired) electrons. The van der Waals surface area contributed by atoms with E-state index in [4.69, 9.17) is 0 Å². The Kier molecular flexibility index (Phi) is 2.43. The van der Waals surface area contributed by atoms with Gasteiger partial charge in [0, 0.05) is 5.56 Å². The molecule has 0 saturated heterocycles. The first-order valence-corrected chi connectivity index (χ1v) is 7.24. The molecular formula is C15H9N3O2S. The van der Waals surface area contributed by atoms with Crippen LogP contribution in [0.5, 0.6) is 0 Å². The van der Waals surface area contributed by atoms with Gasteiger partial charge in [0.25, 0.3) is 0 Å². The third-order valence-electron chi connectivity index (χ3n) is 3.50. The number of rotatable bonds is 1.